The fraction of sp³-hybridized carbons (Fsp3) is 0.345. The van der Waals surface area contributed by atoms with E-state index in [9.17, 15) is 9.59 Å². The Hall–Kier alpha value is -3.52. The first-order valence-electron chi connectivity index (χ1n) is 12.3. The second-order valence-corrected chi connectivity index (χ2v) is 11.4. The van der Waals surface area contributed by atoms with E-state index in [-0.39, 0.29) is 16.8 Å². The van der Waals surface area contributed by atoms with Gasteiger partial charge in [-0.3, -0.25) is 9.59 Å². The van der Waals surface area contributed by atoms with Crippen LogP contribution >= 0.6 is 11.8 Å². The maximum absolute atomic E-state index is 13.6. The highest BCUT2D eigenvalue weighted by molar-refractivity contribution is 7.98. The molecule has 2 heterocycles. The zero-order valence-electron chi connectivity index (χ0n) is 21.7. The molecule has 2 aromatic carbocycles. The molecule has 0 bridgehead atoms. The van der Waals surface area contributed by atoms with E-state index in [0.29, 0.717) is 57.8 Å². The predicted molar refractivity (Wildman–Crippen MR) is 146 cm³/mol. The van der Waals surface area contributed by atoms with Crippen LogP contribution in [0.4, 0.5) is 5.82 Å². The summed E-state index contributed by atoms with van der Waals surface area (Å²) >= 11 is 1.47. The lowest BCUT2D eigenvalue weighted by atomic mass is 9.69. The molecule has 2 N–H and O–H groups in total. The standard InChI is InChI=1S/C29H31N3O4S/c1-16-6-8-17(9-7-16)15-37-28-31-26-25(27(34)32-28)23(19-12-18(35-4)10-11-22(19)36-5)24-20(30-26)13-29(2,3)14-21(24)33/h6-12,23H,13-15H2,1-5H3,(H2,30,31,32,34). The molecule has 1 aliphatic carbocycles. The van der Waals surface area contributed by atoms with Gasteiger partial charge >= 0.3 is 0 Å². The summed E-state index contributed by atoms with van der Waals surface area (Å²) in [6.45, 7) is 6.22. The Morgan fingerprint density at radius 3 is 2.51 bits per heavy atom. The molecule has 1 unspecified atom stereocenters. The van der Waals surface area contributed by atoms with Crippen LogP contribution in [-0.2, 0) is 10.5 Å². The number of hydrogen-bond acceptors (Lipinski definition) is 7. The highest BCUT2D eigenvalue weighted by Crippen LogP contribution is 2.49. The molecule has 2 aliphatic rings. The molecule has 7 nitrogen and oxygen atoms in total. The lowest BCUT2D eigenvalue weighted by Gasteiger charge is -2.38. The molecule has 3 aromatic rings. The Morgan fingerprint density at radius 2 is 1.81 bits per heavy atom. The van der Waals surface area contributed by atoms with E-state index < -0.39 is 5.92 Å². The fourth-order valence-electron chi connectivity index (χ4n) is 5.17. The van der Waals surface area contributed by atoms with Crippen LogP contribution in [0.15, 0.2) is 63.7 Å². The number of aromatic amines is 1. The number of rotatable bonds is 6. The van der Waals surface area contributed by atoms with Gasteiger partial charge in [-0.1, -0.05) is 55.4 Å². The molecule has 1 atom stereocenters. The van der Waals surface area contributed by atoms with Crippen LogP contribution in [0.1, 0.15) is 54.9 Å². The number of Topliss-reactive ketones (excluding diaryl/α,β-unsaturated/α-hetero) is 1. The van der Waals surface area contributed by atoms with Crippen molar-refractivity contribution in [3.8, 4) is 11.5 Å². The average Bonchev–Trinajstić information content (AvgIpc) is 2.86. The van der Waals surface area contributed by atoms with Crippen molar-refractivity contribution in [1.82, 2.24) is 9.97 Å². The van der Waals surface area contributed by atoms with E-state index in [1.54, 1.807) is 26.4 Å². The third kappa shape index (κ3) is 4.90. The first-order chi connectivity index (χ1) is 17.7. The summed E-state index contributed by atoms with van der Waals surface area (Å²) in [7, 11) is 3.18. The molecule has 0 saturated heterocycles. The van der Waals surface area contributed by atoms with Crippen LogP contribution in [0.3, 0.4) is 0 Å². The minimum absolute atomic E-state index is 0.0245. The van der Waals surface area contributed by atoms with Crippen molar-refractivity contribution in [2.24, 2.45) is 5.41 Å². The number of ketones is 1. The Morgan fingerprint density at radius 1 is 1.05 bits per heavy atom. The maximum atomic E-state index is 13.6. The van der Waals surface area contributed by atoms with Gasteiger partial charge in [0.1, 0.15) is 17.3 Å². The van der Waals surface area contributed by atoms with Gasteiger partial charge < -0.3 is 19.8 Å². The van der Waals surface area contributed by atoms with Crippen molar-refractivity contribution in [2.45, 2.75) is 50.4 Å². The highest BCUT2D eigenvalue weighted by atomic mass is 32.2. The smallest absolute Gasteiger partial charge is 0.257 e. The summed E-state index contributed by atoms with van der Waals surface area (Å²) in [5.74, 6) is 1.77. The van der Waals surface area contributed by atoms with Crippen LogP contribution in [0.25, 0.3) is 0 Å². The summed E-state index contributed by atoms with van der Waals surface area (Å²) in [6.07, 6.45) is 1.08. The Kier molecular flexibility index (Phi) is 6.62. The van der Waals surface area contributed by atoms with E-state index in [4.69, 9.17) is 14.5 Å². The number of allylic oxidation sites excluding steroid dienone is 2. The number of aromatic nitrogens is 2. The molecule has 37 heavy (non-hydrogen) atoms. The summed E-state index contributed by atoms with van der Waals surface area (Å²) in [4.78, 5) is 35.0. The number of H-pyrrole nitrogens is 1. The fourth-order valence-corrected chi connectivity index (χ4v) is 5.99. The first kappa shape index (κ1) is 25.1. The molecule has 0 fully saturated rings. The number of ether oxygens (including phenoxy) is 2. The summed E-state index contributed by atoms with van der Waals surface area (Å²) < 4.78 is 11.2. The third-order valence-electron chi connectivity index (χ3n) is 6.94. The minimum atomic E-state index is -0.618. The van der Waals surface area contributed by atoms with Gasteiger partial charge in [-0.05, 0) is 42.5 Å². The SMILES string of the molecule is COc1ccc(OC)c(C2C3=C(CC(C)(C)CC3=O)Nc3nc(SCc4ccc(C)cc4)[nH]c(=O)c32)c1. The van der Waals surface area contributed by atoms with Gasteiger partial charge in [0, 0.05) is 29.0 Å². The largest absolute Gasteiger partial charge is 0.497 e. The van der Waals surface area contributed by atoms with Crippen molar-refractivity contribution in [2.75, 3.05) is 19.5 Å². The van der Waals surface area contributed by atoms with Gasteiger partial charge in [0.2, 0.25) is 0 Å². The molecule has 5 rings (SSSR count). The van der Waals surface area contributed by atoms with Crippen molar-refractivity contribution in [3.63, 3.8) is 0 Å². The van der Waals surface area contributed by atoms with Crippen LogP contribution in [0, 0.1) is 12.3 Å². The number of nitrogens with one attached hydrogen (secondary N) is 2. The zero-order chi connectivity index (χ0) is 26.3. The molecule has 0 radical (unpaired) electrons. The molecule has 0 spiro atoms. The predicted octanol–water partition coefficient (Wildman–Crippen LogP) is 5.59. The Labute approximate surface area is 220 Å². The van der Waals surface area contributed by atoms with E-state index in [1.165, 1.54) is 17.3 Å². The highest BCUT2D eigenvalue weighted by Gasteiger charge is 2.43. The molecule has 192 valence electrons. The van der Waals surface area contributed by atoms with E-state index >= 15 is 0 Å². The number of carbonyl (C=O) groups is 1. The van der Waals surface area contributed by atoms with Crippen molar-refractivity contribution < 1.29 is 14.3 Å². The number of benzene rings is 2. The second-order valence-electron chi connectivity index (χ2n) is 10.4. The van der Waals surface area contributed by atoms with E-state index in [1.807, 2.05) is 6.07 Å². The van der Waals surface area contributed by atoms with Crippen LogP contribution in [0.2, 0.25) is 0 Å². The molecule has 0 amide bonds. The van der Waals surface area contributed by atoms with Crippen LogP contribution < -0.4 is 20.3 Å². The topological polar surface area (TPSA) is 93.3 Å². The van der Waals surface area contributed by atoms with Crippen molar-refractivity contribution in [3.05, 3.63) is 86.3 Å². The van der Waals surface area contributed by atoms with Crippen molar-refractivity contribution >= 4 is 23.4 Å². The number of methoxy groups -OCH3 is 2. The van der Waals surface area contributed by atoms with E-state index in [0.717, 1.165) is 11.3 Å². The van der Waals surface area contributed by atoms with Crippen LogP contribution in [0.5, 0.6) is 11.5 Å². The quantitative estimate of drug-likeness (QED) is 0.325. The van der Waals surface area contributed by atoms with Crippen molar-refractivity contribution in [1.29, 1.82) is 0 Å². The Balaban J connectivity index is 1.63. The van der Waals surface area contributed by atoms with Gasteiger partial charge in [-0.2, -0.15) is 0 Å². The van der Waals surface area contributed by atoms with Gasteiger partial charge in [0.25, 0.3) is 5.56 Å². The van der Waals surface area contributed by atoms with Crippen LogP contribution in [-0.4, -0.2) is 30.0 Å². The van der Waals surface area contributed by atoms with Gasteiger partial charge in [-0.25, -0.2) is 4.98 Å². The average molecular weight is 518 g/mol. The first-order valence-corrected chi connectivity index (χ1v) is 13.3. The van der Waals surface area contributed by atoms with Gasteiger partial charge in [0.15, 0.2) is 10.9 Å². The number of fused-ring (bicyclic) bond motifs is 1. The number of nitrogens with zero attached hydrogens (tertiary/aromatic N) is 1. The number of thioether (sulfide) groups is 1. The van der Waals surface area contributed by atoms with Gasteiger partial charge in [0.05, 0.1) is 25.7 Å². The Bertz CT molecular complexity index is 1460. The molecule has 8 heteroatoms. The van der Waals surface area contributed by atoms with Gasteiger partial charge in [-0.15, -0.1) is 0 Å². The lowest BCUT2D eigenvalue weighted by Crippen LogP contribution is -2.37. The third-order valence-corrected chi connectivity index (χ3v) is 7.89. The molecular formula is C29H31N3O4S. The molecule has 1 aliphatic heterocycles. The second kappa shape index (κ2) is 9.74. The monoisotopic (exact) mass is 517 g/mol. The number of carbonyl (C=O) groups excluding carboxylic acids is 1. The normalized spacial score (nSPS) is 18.1. The van der Waals surface area contributed by atoms with E-state index in [2.05, 4.69) is 55.3 Å². The minimum Gasteiger partial charge on any atom is -0.497 e. The molecule has 0 saturated carbocycles. The summed E-state index contributed by atoms with van der Waals surface area (Å²) in [5, 5.41) is 3.91. The number of aryl methyl sites for hydroxylation is 1. The molecular weight excluding hydrogens is 486 g/mol. The summed E-state index contributed by atoms with van der Waals surface area (Å²) in [6, 6.07) is 13.8. The zero-order valence-corrected chi connectivity index (χ0v) is 22.5. The lowest BCUT2D eigenvalue weighted by molar-refractivity contribution is -0.118. The molecule has 1 aromatic heterocycles. The number of hydrogen-bond donors (Lipinski definition) is 2. The maximum Gasteiger partial charge on any atom is 0.257 e. The number of anilines is 1. The summed E-state index contributed by atoms with van der Waals surface area (Å²) in [5.41, 5.74) is 4.41.